The number of aromatic nitrogens is 5. The van der Waals surface area contributed by atoms with Crippen LogP contribution in [0.3, 0.4) is 0 Å². The van der Waals surface area contributed by atoms with E-state index in [-0.39, 0.29) is 32.8 Å². The maximum Gasteiger partial charge on any atom is 0.350 e. The first-order valence-electron chi connectivity index (χ1n) is 6.20. The quantitative estimate of drug-likeness (QED) is 0.723. The fourth-order valence-electron chi connectivity index (χ4n) is 1.74. The highest BCUT2D eigenvalue weighted by molar-refractivity contribution is 6.30. The fraction of sp³-hybridized carbons (Fsp3) is 0.0769. The average molecular weight is 342 g/mol. The first kappa shape index (κ1) is 15.2. The van der Waals surface area contributed by atoms with E-state index in [2.05, 4.69) is 20.4 Å². The van der Waals surface area contributed by atoms with Crippen molar-refractivity contribution in [2.45, 2.75) is 6.55 Å². The highest BCUT2D eigenvalue weighted by Gasteiger charge is 2.17. The van der Waals surface area contributed by atoms with Crippen LogP contribution >= 0.6 is 11.6 Å². The molecule has 1 aromatic carbocycles. The molecule has 3 aromatic rings. The summed E-state index contributed by atoms with van der Waals surface area (Å²) >= 11 is 5.62. The van der Waals surface area contributed by atoms with Crippen molar-refractivity contribution in [1.82, 2.24) is 25.2 Å². The molecule has 0 aliphatic rings. The molecule has 0 N–H and O–H groups in total. The van der Waals surface area contributed by atoms with E-state index >= 15 is 0 Å². The normalized spacial score (nSPS) is 11.0. The Morgan fingerprint density at radius 3 is 2.70 bits per heavy atom. The topological polar surface area (TPSA) is 65.7 Å². The van der Waals surface area contributed by atoms with E-state index < -0.39 is 12.4 Å². The van der Waals surface area contributed by atoms with E-state index in [0.717, 1.165) is 6.07 Å². The van der Waals surface area contributed by atoms with Crippen LogP contribution in [0.5, 0.6) is 11.6 Å². The summed E-state index contributed by atoms with van der Waals surface area (Å²) in [6.45, 7) is -2.92. The lowest BCUT2D eigenvalue weighted by molar-refractivity contribution is 0.0397. The largest absolute Gasteiger partial charge is 0.436 e. The van der Waals surface area contributed by atoms with E-state index in [1.54, 1.807) is 12.1 Å². The Morgan fingerprint density at radius 2 is 2.00 bits per heavy atom. The minimum atomic E-state index is -2.92. The van der Waals surface area contributed by atoms with Crippen LogP contribution in [0.15, 0.2) is 36.5 Å². The summed E-state index contributed by atoms with van der Waals surface area (Å²) in [5, 5.41) is 10.4. The van der Waals surface area contributed by atoms with E-state index in [9.17, 15) is 13.2 Å². The minimum absolute atomic E-state index is 0.0877. The fourth-order valence-corrected chi connectivity index (χ4v) is 1.88. The van der Waals surface area contributed by atoms with Crippen LogP contribution in [-0.4, -0.2) is 25.2 Å². The van der Waals surface area contributed by atoms with Gasteiger partial charge in [-0.1, -0.05) is 28.5 Å². The van der Waals surface area contributed by atoms with Crippen LogP contribution in [0.2, 0.25) is 5.02 Å². The molecule has 23 heavy (non-hydrogen) atoms. The minimum Gasteiger partial charge on any atom is -0.436 e. The molecule has 0 bridgehead atoms. The predicted molar refractivity (Wildman–Crippen MR) is 73.8 cm³/mol. The lowest BCUT2D eigenvalue weighted by Gasteiger charge is -2.08. The number of benzene rings is 1. The van der Waals surface area contributed by atoms with Crippen molar-refractivity contribution in [1.29, 1.82) is 0 Å². The molecule has 0 fully saturated rings. The summed E-state index contributed by atoms with van der Waals surface area (Å²) in [7, 11) is 0. The van der Waals surface area contributed by atoms with Gasteiger partial charge in [-0.25, -0.2) is 9.37 Å². The van der Waals surface area contributed by atoms with E-state index in [4.69, 9.17) is 16.3 Å². The Morgan fingerprint density at radius 1 is 1.22 bits per heavy atom. The monoisotopic (exact) mass is 341 g/mol. The molecule has 0 radical (unpaired) electrons. The summed E-state index contributed by atoms with van der Waals surface area (Å²) in [4.78, 5) is 3.89. The van der Waals surface area contributed by atoms with Gasteiger partial charge in [-0.15, -0.1) is 10.2 Å². The van der Waals surface area contributed by atoms with Crippen LogP contribution in [0.25, 0.3) is 11.4 Å². The number of pyridine rings is 1. The van der Waals surface area contributed by atoms with Crippen LogP contribution in [-0.2, 0) is 0 Å². The molecule has 0 aliphatic heterocycles. The van der Waals surface area contributed by atoms with E-state index in [1.165, 1.54) is 18.3 Å². The number of hydrogen-bond acceptors (Lipinski definition) is 5. The van der Waals surface area contributed by atoms with Gasteiger partial charge in [0.15, 0.2) is 5.82 Å². The molecule has 118 valence electrons. The van der Waals surface area contributed by atoms with Crippen molar-refractivity contribution >= 4 is 11.6 Å². The Balaban J connectivity index is 1.97. The Labute approximate surface area is 132 Å². The van der Waals surface area contributed by atoms with Gasteiger partial charge >= 0.3 is 6.55 Å². The molecule has 0 saturated carbocycles. The van der Waals surface area contributed by atoms with Gasteiger partial charge < -0.3 is 4.74 Å². The maximum absolute atomic E-state index is 13.8. The first-order valence-corrected chi connectivity index (χ1v) is 6.58. The molecular formula is C13H7ClF3N5O. The standard InChI is InChI=1S/C13H7ClF3N5O/c14-7-5-9(15)12(18-6-7)23-10-4-2-1-3-8(10)11-19-21-22(20-11)13(16)17/h1-6,13H. The zero-order valence-corrected chi connectivity index (χ0v) is 12.0. The predicted octanol–water partition coefficient (Wildman–Crippen LogP) is 3.72. The summed E-state index contributed by atoms with van der Waals surface area (Å²) in [6, 6.07) is 7.29. The van der Waals surface area contributed by atoms with Crippen LogP contribution in [0.1, 0.15) is 6.55 Å². The molecule has 6 nitrogen and oxygen atoms in total. The Kier molecular flexibility index (Phi) is 4.11. The van der Waals surface area contributed by atoms with Gasteiger partial charge in [-0.3, -0.25) is 0 Å². The molecule has 10 heteroatoms. The number of rotatable bonds is 4. The van der Waals surface area contributed by atoms with Crippen molar-refractivity contribution < 1.29 is 17.9 Å². The molecule has 0 atom stereocenters. The molecule has 0 unspecified atom stereocenters. The van der Waals surface area contributed by atoms with Crippen molar-refractivity contribution in [3.05, 3.63) is 47.4 Å². The van der Waals surface area contributed by atoms with Gasteiger partial charge in [0.2, 0.25) is 5.82 Å². The number of ether oxygens (including phenoxy) is 1. The highest BCUT2D eigenvalue weighted by atomic mass is 35.5. The number of alkyl halides is 2. The highest BCUT2D eigenvalue weighted by Crippen LogP contribution is 2.32. The molecule has 2 heterocycles. The van der Waals surface area contributed by atoms with Gasteiger partial charge in [0, 0.05) is 6.20 Å². The van der Waals surface area contributed by atoms with Gasteiger partial charge in [0.25, 0.3) is 5.88 Å². The lowest BCUT2D eigenvalue weighted by Crippen LogP contribution is -2.02. The second kappa shape index (κ2) is 6.21. The number of tetrazole rings is 1. The molecular weight excluding hydrogens is 335 g/mol. The molecule has 0 amide bonds. The zero-order chi connectivity index (χ0) is 16.4. The number of halogens is 4. The third-order valence-electron chi connectivity index (χ3n) is 2.71. The third-order valence-corrected chi connectivity index (χ3v) is 2.92. The number of para-hydroxylation sites is 1. The average Bonchev–Trinajstić information content (AvgIpc) is 3.00. The van der Waals surface area contributed by atoms with Crippen LogP contribution < -0.4 is 4.74 Å². The summed E-state index contributed by atoms with van der Waals surface area (Å²) in [5.74, 6) is -1.04. The van der Waals surface area contributed by atoms with Gasteiger partial charge in [-0.2, -0.15) is 8.78 Å². The SMILES string of the molecule is Fc1cc(Cl)cnc1Oc1ccccc1-c1nnn(C(F)F)n1. The molecule has 0 saturated heterocycles. The van der Waals surface area contributed by atoms with Crippen LogP contribution in [0.4, 0.5) is 13.2 Å². The third kappa shape index (κ3) is 3.24. The van der Waals surface area contributed by atoms with Gasteiger partial charge in [-0.05, 0) is 23.4 Å². The van der Waals surface area contributed by atoms with Crippen molar-refractivity contribution in [3.8, 4) is 23.0 Å². The van der Waals surface area contributed by atoms with E-state index in [1.807, 2.05) is 0 Å². The van der Waals surface area contributed by atoms with Crippen molar-refractivity contribution in [2.75, 3.05) is 0 Å². The smallest absolute Gasteiger partial charge is 0.350 e. The van der Waals surface area contributed by atoms with Gasteiger partial charge in [0.05, 0.1) is 10.6 Å². The summed E-state index contributed by atoms with van der Waals surface area (Å²) in [5.41, 5.74) is 0.260. The number of hydrogen-bond donors (Lipinski definition) is 0. The van der Waals surface area contributed by atoms with E-state index in [0.29, 0.717) is 0 Å². The van der Waals surface area contributed by atoms with Gasteiger partial charge in [0.1, 0.15) is 5.75 Å². The Hall–Kier alpha value is -2.68. The molecule has 3 rings (SSSR count). The maximum atomic E-state index is 13.8. The zero-order valence-electron chi connectivity index (χ0n) is 11.2. The summed E-state index contributed by atoms with van der Waals surface area (Å²) < 4.78 is 44.2. The molecule has 0 aliphatic carbocycles. The molecule has 0 spiro atoms. The second-order valence-electron chi connectivity index (χ2n) is 4.25. The Bertz CT molecular complexity index is 842. The second-order valence-corrected chi connectivity index (χ2v) is 4.69. The first-order chi connectivity index (χ1) is 11.0. The van der Waals surface area contributed by atoms with Crippen molar-refractivity contribution in [3.63, 3.8) is 0 Å². The molecule has 2 aromatic heterocycles. The van der Waals surface area contributed by atoms with Crippen LogP contribution in [0, 0.1) is 5.82 Å². The summed E-state index contributed by atoms with van der Waals surface area (Å²) in [6.07, 6.45) is 1.22. The lowest BCUT2D eigenvalue weighted by atomic mass is 10.2. The number of nitrogens with zero attached hydrogens (tertiary/aromatic N) is 5. The van der Waals surface area contributed by atoms with Crippen molar-refractivity contribution in [2.24, 2.45) is 0 Å².